The van der Waals surface area contributed by atoms with Crippen LogP contribution in [0.1, 0.15) is 28.3 Å². The fourth-order valence-corrected chi connectivity index (χ4v) is 2.93. The predicted octanol–water partition coefficient (Wildman–Crippen LogP) is 4.16. The van der Waals surface area contributed by atoms with Gasteiger partial charge in [0.2, 0.25) is 0 Å². The molecule has 0 fully saturated rings. The summed E-state index contributed by atoms with van der Waals surface area (Å²) in [5.74, 6) is 0. The fourth-order valence-electron chi connectivity index (χ4n) is 2.93. The van der Waals surface area contributed by atoms with Gasteiger partial charge in [-0.1, -0.05) is 42.5 Å². The number of rotatable bonds is 3. The molecule has 0 radical (unpaired) electrons. The maximum Gasteiger partial charge on any atom is 0.0753 e. The Balaban J connectivity index is 2.21. The number of pyridine rings is 1. The number of fused-ring (bicyclic) bond motifs is 1. The third-order valence-corrected chi connectivity index (χ3v) is 4.22. The summed E-state index contributed by atoms with van der Waals surface area (Å²) < 4.78 is 0. The largest absolute Gasteiger partial charge is 0.309 e. The summed E-state index contributed by atoms with van der Waals surface area (Å²) in [5, 5.41) is 4.64. The molecule has 3 rings (SSSR count). The van der Waals surface area contributed by atoms with E-state index in [0.717, 1.165) is 5.52 Å². The van der Waals surface area contributed by atoms with Crippen LogP contribution in [0.15, 0.2) is 54.7 Å². The third-order valence-electron chi connectivity index (χ3n) is 4.22. The van der Waals surface area contributed by atoms with Gasteiger partial charge in [0.05, 0.1) is 11.6 Å². The van der Waals surface area contributed by atoms with Crippen LogP contribution in [0.25, 0.3) is 10.9 Å². The van der Waals surface area contributed by atoms with Crippen molar-refractivity contribution in [3.63, 3.8) is 0 Å². The van der Waals surface area contributed by atoms with Gasteiger partial charge in [-0.25, -0.2) is 0 Å². The van der Waals surface area contributed by atoms with Crippen molar-refractivity contribution in [3.8, 4) is 0 Å². The molecule has 0 spiro atoms. The highest BCUT2D eigenvalue weighted by atomic mass is 14.9. The molecule has 3 aromatic rings. The van der Waals surface area contributed by atoms with E-state index in [9.17, 15) is 0 Å². The number of aryl methyl sites for hydroxylation is 1. The number of para-hydroxylation sites is 1. The van der Waals surface area contributed by atoms with Gasteiger partial charge in [0.1, 0.15) is 0 Å². The summed E-state index contributed by atoms with van der Waals surface area (Å²) in [6.45, 7) is 4.35. The molecular formula is C19H20N2. The van der Waals surface area contributed by atoms with E-state index in [1.54, 1.807) is 0 Å². The van der Waals surface area contributed by atoms with Crippen LogP contribution in [0.3, 0.4) is 0 Å². The highest BCUT2D eigenvalue weighted by Crippen LogP contribution is 2.30. The molecule has 0 amide bonds. The summed E-state index contributed by atoms with van der Waals surface area (Å²) in [7, 11) is 2.01. The third kappa shape index (κ3) is 2.43. The molecule has 2 nitrogen and oxygen atoms in total. The molecule has 0 saturated heterocycles. The van der Waals surface area contributed by atoms with Crippen LogP contribution in [-0.2, 0) is 0 Å². The minimum atomic E-state index is 0.156. The lowest BCUT2D eigenvalue weighted by Gasteiger charge is -2.21. The van der Waals surface area contributed by atoms with Gasteiger partial charge in [-0.2, -0.15) is 0 Å². The standard InChI is InChI=1S/C19H20N2/c1-13-7-4-10-16(14(13)2)19(20-3)17-11-5-8-15-9-6-12-21-18(15)17/h4-12,19-20H,1-3H3. The van der Waals surface area contributed by atoms with Crippen LogP contribution in [-0.4, -0.2) is 12.0 Å². The molecule has 2 heteroatoms. The summed E-state index contributed by atoms with van der Waals surface area (Å²) >= 11 is 0. The van der Waals surface area contributed by atoms with E-state index in [-0.39, 0.29) is 6.04 Å². The molecule has 1 atom stereocenters. The zero-order valence-corrected chi connectivity index (χ0v) is 12.7. The summed E-state index contributed by atoms with van der Waals surface area (Å²) in [6.07, 6.45) is 1.86. The average molecular weight is 276 g/mol. The van der Waals surface area contributed by atoms with E-state index in [4.69, 9.17) is 0 Å². The molecule has 106 valence electrons. The van der Waals surface area contributed by atoms with Gasteiger partial charge < -0.3 is 5.32 Å². The molecule has 1 N–H and O–H groups in total. The van der Waals surface area contributed by atoms with E-state index >= 15 is 0 Å². The van der Waals surface area contributed by atoms with Crippen molar-refractivity contribution in [2.24, 2.45) is 0 Å². The van der Waals surface area contributed by atoms with Crippen molar-refractivity contribution in [1.82, 2.24) is 10.3 Å². The Labute approximate surface area is 125 Å². The molecular weight excluding hydrogens is 256 g/mol. The number of benzene rings is 2. The first-order valence-electron chi connectivity index (χ1n) is 7.29. The van der Waals surface area contributed by atoms with E-state index < -0.39 is 0 Å². The van der Waals surface area contributed by atoms with Crippen molar-refractivity contribution in [3.05, 3.63) is 77.0 Å². The van der Waals surface area contributed by atoms with Gasteiger partial charge in [-0.05, 0) is 49.2 Å². The van der Waals surface area contributed by atoms with Crippen LogP contribution >= 0.6 is 0 Å². The van der Waals surface area contributed by atoms with Crippen molar-refractivity contribution < 1.29 is 0 Å². The Morgan fingerprint density at radius 3 is 2.43 bits per heavy atom. The van der Waals surface area contributed by atoms with Crippen LogP contribution in [0.4, 0.5) is 0 Å². The number of aromatic nitrogens is 1. The molecule has 21 heavy (non-hydrogen) atoms. The molecule has 1 heterocycles. The zero-order valence-electron chi connectivity index (χ0n) is 12.7. The van der Waals surface area contributed by atoms with Crippen LogP contribution < -0.4 is 5.32 Å². The highest BCUT2D eigenvalue weighted by Gasteiger charge is 2.17. The van der Waals surface area contributed by atoms with Gasteiger partial charge in [0.25, 0.3) is 0 Å². The topological polar surface area (TPSA) is 24.9 Å². The smallest absolute Gasteiger partial charge is 0.0753 e. The minimum absolute atomic E-state index is 0.156. The number of hydrogen-bond donors (Lipinski definition) is 1. The Bertz CT molecular complexity index is 772. The maximum atomic E-state index is 4.59. The first-order chi connectivity index (χ1) is 10.2. The fraction of sp³-hybridized carbons (Fsp3) is 0.211. The normalized spacial score (nSPS) is 12.5. The van der Waals surface area contributed by atoms with Crippen LogP contribution in [0.5, 0.6) is 0 Å². The van der Waals surface area contributed by atoms with E-state index in [0.29, 0.717) is 0 Å². The van der Waals surface area contributed by atoms with Crippen molar-refractivity contribution in [2.75, 3.05) is 7.05 Å². The number of nitrogens with zero attached hydrogens (tertiary/aromatic N) is 1. The van der Waals surface area contributed by atoms with E-state index in [1.807, 2.05) is 19.3 Å². The second-order valence-corrected chi connectivity index (χ2v) is 5.43. The quantitative estimate of drug-likeness (QED) is 0.777. The number of hydrogen-bond acceptors (Lipinski definition) is 2. The molecule has 0 aliphatic rings. The van der Waals surface area contributed by atoms with E-state index in [1.165, 1.54) is 27.6 Å². The summed E-state index contributed by atoms with van der Waals surface area (Å²) in [5.41, 5.74) is 6.27. The minimum Gasteiger partial charge on any atom is -0.309 e. The lowest BCUT2D eigenvalue weighted by Crippen LogP contribution is -2.19. The Hall–Kier alpha value is -2.19. The highest BCUT2D eigenvalue weighted by molar-refractivity contribution is 5.82. The SMILES string of the molecule is CNC(c1cccc(C)c1C)c1cccc2cccnc12. The zero-order chi connectivity index (χ0) is 14.8. The molecule has 0 bridgehead atoms. The molecule has 0 saturated carbocycles. The van der Waals surface area contributed by atoms with Crippen LogP contribution in [0, 0.1) is 13.8 Å². The summed E-state index contributed by atoms with van der Waals surface area (Å²) in [4.78, 5) is 4.59. The van der Waals surface area contributed by atoms with Gasteiger partial charge >= 0.3 is 0 Å². The number of nitrogens with one attached hydrogen (secondary N) is 1. The second kappa shape index (κ2) is 5.66. The van der Waals surface area contributed by atoms with Gasteiger partial charge in [-0.15, -0.1) is 0 Å². The second-order valence-electron chi connectivity index (χ2n) is 5.43. The Morgan fingerprint density at radius 1 is 0.905 bits per heavy atom. The van der Waals surface area contributed by atoms with Crippen molar-refractivity contribution in [2.45, 2.75) is 19.9 Å². The van der Waals surface area contributed by atoms with E-state index in [2.05, 4.69) is 66.6 Å². The lowest BCUT2D eigenvalue weighted by atomic mass is 9.91. The van der Waals surface area contributed by atoms with Crippen molar-refractivity contribution in [1.29, 1.82) is 0 Å². The van der Waals surface area contributed by atoms with Crippen LogP contribution in [0.2, 0.25) is 0 Å². The average Bonchev–Trinajstić information content (AvgIpc) is 2.52. The monoisotopic (exact) mass is 276 g/mol. The maximum absolute atomic E-state index is 4.59. The lowest BCUT2D eigenvalue weighted by molar-refractivity contribution is 0.690. The molecule has 1 unspecified atom stereocenters. The van der Waals surface area contributed by atoms with Gasteiger partial charge in [-0.3, -0.25) is 4.98 Å². The predicted molar refractivity (Wildman–Crippen MR) is 88.6 cm³/mol. The summed E-state index contributed by atoms with van der Waals surface area (Å²) in [6, 6.07) is 17.1. The van der Waals surface area contributed by atoms with Crippen molar-refractivity contribution >= 4 is 10.9 Å². The van der Waals surface area contributed by atoms with Gasteiger partial charge in [0.15, 0.2) is 0 Å². The van der Waals surface area contributed by atoms with Gasteiger partial charge in [0, 0.05) is 11.6 Å². The first-order valence-corrected chi connectivity index (χ1v) is 7.29. The molecule has 0 aliphatic heterocycles. The molecule has 2 aromatic carbocycles. The Kier molecular flexibility index (Phi) is 3.72. The molecule has 0 aliphatic carbocycles. The Morgan fingerprint density at radius 2 is 1.62 bits per heavy atom. The molecule has 1 aromatic heterocycles. The first kappa shape index (κ1) is 13.8.